The molecule has 0 bridgehead atoms. The second kappa shape index (κ2) is 17.3. The average Bonchev–Trinajstić information content (AvgIpc) is 3.38. The molecule has 47 heavy (non-hydrogen) atoms. The molecular weight excluding hydrogens is 606 g/mol. The van der Waals surface area contributed by atoms with Crippen molar-refractivity contribution in [1.29, 1.82) is 0 Å². The molecule has 0 fully saturated rings. The number of nitrogens with one attached hydrogen (secondary N) is 5. The number of carbonyl (C=O) groups is 6. The van der Waals surface area contributed by atoms with Gasteiger partial charge < -0.3 is 36.4 Å². The Balaban J connectivity index is 1.20. The summed E-state index contributed by atoms with van der Waals surface area (Å²) < 4.78 is 4.77. The number of ether oxygens (including phenoxy) is 1. The summed E-state index contributed by atoms with van der Waals surface area (Å²) in [5.74, 6) is -4.50. The van der Waals surface area contributed by atoms with Crippen molar-refractivity contribution in [1.82, 2.24) is 26.6 Å². The minimum absolute atomic E-state index is 0.0408. The molecule has 0 heterocycles. The van der Waals surface area contributed by atoms with E-state index in [1.165, 1.54) is 0 Å². The lowest BCUT2D eigenvalue weighted by Crippen LogP contribution is -2.49. The third-order valence-electron chi connectivity index (χ3n) is 7.42. The van der Waals surface area contributed by atoms with Gasteiger partial charge in [0, 0.05) is 24.9 Å². The Kier molecular flexibility index (Phi) is 12.7. The highest BCUT2D eigenvalue weighted by molar-refractivity contribution is 6.36. The molecule has 3 aromatic carbocycles. The Bertz CT molecular complexity index is 1550. The molecule has 4 amide bonds. The minimum Gasteiger partial charge on any atom is -0.480 e. The standard InChI is InChI=1S/C34H37N5O8/c40-29(15-28-26-12-6-4-10-24(26)25-11-5-7-13-27(25)28)34(46)37-18-31(42)36-19-32(43)39-23(14-22-8-2-1-3-9-22)16-35-17-30(41)38-21-47-20-33(44)45/h1-13,23,28,35H,14-21H2,(H,36,42)(H,37,46)(H,38,41)(H,39,43)(H,44,45)/t23-/m0/s1. The Morgan fingerprint density at radius 3 is 1.96 bits per heavy atom. The van der Waals surface area contributed by atoms with Crippen molar-refractivity contribution >= 4 is 35.4 Å². The fourth-order valence-electron chi connectivity index (χ4n) is 5.30. The Labute approximate surface area is 271 Å². The summed E-state index contributed by atoms with van der Waals surface area (Å²) in [6.07, 6.45) is 0.395. The predicted octanol–water partition coefficient (Wildman–Crippen LogP) is 0.483. The highest BCUT2D eigenvalue weighted by atomic mass is 16.5. The molecule has 3 aromatic rings. The van der Waals surface area contributed by atoms with E-state index in [0.29, 0.717) is 6.42 Å². The molecular formula is C34H37N5O8. The van der Waals surface area contributed by atoms with Gasteiger partial charge in [0.2, 0.25) is 23.5 Å². The highest BCUT2D eigenvalue weighted by Gasteiger charge is 2.31. The van der Waals surface area contributed by atoms with Crippen molar-refractivity contribution in [2.75, 3.05) is 39.5 Å². The lowest BCUT2D eigenvalue weighted by molar-refractivity contribution is -0.143. The number of Topliss-reactive ketones (excluding diaryl/α,β-unsaturated/α-hetero) is 1. The van der Waals surface area contributed by atoms with Crippen molar-refractivity contribution in [3.05, 3.63) is 95.6 Å². The van der Waals surface area contributed by atoms with Gasteiger partial charge in [-0.3, -0.25) is 24.0 Å². The first-order chi connectivity index (χ1) is 22.7. The third kappa shape index (κ3) is 10.6. The van der Waals surface area contributed by atoms with Gasteiger partial charge in [0.05, 0.1) is 19.6 Å². The Morgan fingerprint density at radius 2 is 1.30 bits per heavy atom. The van der Waals surface area contributed by atoms with Crippen LogP contribution in [0.2, 0.25) is 0 Å². The highest BCUT2D eigenvalue weighted by Crippen LogP contribution is 2.46. The summed E-state index contributed by atoms with van der Waals surface area (Å²) in [5, 5.41) is 21.5. The maximum Gasteiger partial charge on any atom is 0.329 e. The molecule has 1 atom stereocenters. The lowest BCUT2D eigenvalue weighted by Gasteiger charge is -2.20. The number of benzene rings is 3. The summed E-state index contributed by atoms with van der Waals surface area (Å²) in [5.41, 5.74) is 4.96. The van der Waals surface area contributed by atoms with Gasteiger partial charge >= 0.3 is 5.97 Å². The van der Waals surface area contributed by atoms with Crippen LogP contribution < -0.4 is 26.6 Å². The molecule has 0 saturated carbocycles. The molecule has 4 rings (SSSR count). The maximum atomic E-state index is 12.8. The first kappa shape index (κ1) is 34.5. The summed E-state index contributed by atoms with van der Waals surface area (Å²) in [6.45, 7) is -1.53. The molecule has 6 N–H and O–H groups in total. The van der Waals surface area contributed by atoms with Gasteiger partial charge in [0.1, 0.15) is 13.3 Å². The average molecular weight is 644 g/mol. The first-order valence-corrected chi connectivity index (χ1v) is 15.1. The van der Waals surface area contributed by atoms with E-state index in [1.54, 1.807) is 0 Å². The van der Waals surface area contributed by atoms with E-state index < -0.39 is 54.6 Å². The lowest BCUT2D eigenvalue weighted by atomic mass is 9.91. The van der Waals surface area contributed by atoms with Gasteiger partial charge in [-0.05, 0) is 34.2 Å². The van der Waals surface area contributed by atoms with Gasteiger partial charge in [0.15, 0.2) is 0 Å². The Morgan fingerprint density at radius 1 is 0.702 bits per heavy atom. The number of ketones is 1. The molecule has 1 aliphatic rings. The molecule has 0 radical (unpaired) electrons. The monoisotopic (exact) mass is 643 g/mol. The first-order valence-electron chi connectivity index (χ1n) is 15.1. The topological polar surface area (TPSA) is 192 Å². The van der Waals surface area contributed by atoms with E-state index in [9.17, 15) is 28.8 Å². The van der Waals surface area contributed by atoms with Gasteiger partial charge in [-0.15, -0.1) is 0 Å². The van der Waals surface area contributed by atoms with Crippen LogP contribution in [0, 0.1) is 0 Å². The van der Waals surface area contributed by atoms with Crippen LogP contribution in [0.4, 0.5) is 0 Å². The number of carboxylic acid groups (broad SMARTS) is 1. The van der Waals surface area contributed by atoms with Crippen molar-refractivity contribution in [3.63, 3.8) is 0 Å². The number of hydrogen-bond donors (Lipinski definition) is 6. The van der Waals surface area contributed by atoms with E-state index >= 15 is 0 Å². The molecule has 1 aliphatic carbocycles. The molecule has 0 saturated heterocycles. The smallest absolute Gasteiger partial charge is 0.329 e. The molecule has 0 unspecified atom stereocenters. The summed E-state index contributed by atoms with van der Waals surface area (Å²) in [7, 11) is 0. The predicted molar refractivity (Wildman–Crippen MR) is 171 cm³/mol. The second-order valence-corrected chi connectivity index (χ2v) is 10.9. The summed E-state index contributed by atoms with van der Waals surface area (Å²) >= 11 is 0. The maximum absolute atomic E-state index is 12.8. The quantitative estimate of drug-likeness (QED) is 0.0650. The van der Waals surface area contributed by atoms with Gasteiger partial charge in [-0.25, -0.2) is 4.79 Å². The van der Waals surface area contributed by atoms with Crippen LogP contribution in [0.25, 0.3) is 11.1 Å². The number of amides is 4. The zero-order chi connectivity index (χ0) is 33.6. The number of rotatable bonds is 18. The van der Waals surface area contributed by atoms with E-state index in [0.717, 1.165) is 27.8 Å². The number of hydrogen-bond acceptors (Lipinski definition) is 8. The molecule has 0 spiro atoms. The normalized spacial score (nSPS) is 12.3. The van der Waals surface area contributed by atoms with Crippen LogP contribution in [0.3, 0.4) is 0 Å². The van der Waals surface area contributed by atoms with E-state index in [2.05, 4.69) is 26.6 Å². The number of carbonyl (C=O) groups excluding carboxylic acids is 5. The summed E-state index contributed by atoms with van der Waals surface area (Å²) in [6, 6.07) is 24.4. The van der Waals surface area contributed by atoms with Crippen molar-refractivity contribution < 1.29 is 38.6 Å². The zero-order valence-corrected chi connectivity index (χ0v) is 25.6. The van der Waals surface area contributed by atoms with Crippen LogP contribution in [0.1, 0.15) is 29.0 Å². The van der Waals surface area contributed by atoms with E-state index in [4.69, 9.17) is 9.84 Å². The Hall–Kier alpha value is -5.40. The van der Waals surface area contributed by atoms with Gasteiger partial charge in [-0.2, -0.15) is 0 Å². The molecule has 0 aliphatic heterocycles. The number of aliphatic carboxylic acids is 1. The van der Waals surface area contributed by atoms with E-state index in [-0.39, 0.29) is 38.7 Å². The van der Waals surface area contributed by atoms with Crippen LogP contribution in [-0.2, 0) is 39.9 Å². The molecule has 0 aromatic heterocycles. The van der Waals surface area contributed by atoms with Gasteiger partial charge in [-0.1, -0.05) is 78.9 Å². The number of fused-ring (bicyclic) bond motifs is 3. The summed E-state index contributed by atoms with van der Waals surface area (Å²) in [4.78, 5) is 72.9. The van der Waals surface area contributed by atoms with Crippen LogP contribution >= 0.6 is 0 Å². The number of carboxylic acids is 1. The zero-order valence-electron chi connectivity index (χ0n) is 25.6. The van der Waals surface area contributed by atoms with Crippen molar-refractivity contribution in [2.45, 2.75) is 24.8 Å². The molecule has 246 valence electrons. The molecule has 13 nitrogen and oxygen atoms in total. The fraction of sp³-hybridized carbons (Fsp3) is 0.294. The third-order valence-corrected chi connectivity index (χ3v) is 7.42. The fourth-order valence-corrected chi connectivity index (χ4v) is 5.30. The minimum atomic E-state index is -1.15. The second-order valence-electron chi connectivity index (χ2n) is 10.9. The van der Waals surface area contributed by atoms with Crippen molar-refractivity contribution in [3.8, 4) is 11.1 Å². The van der Waals surface area contributed by atoms with Gasteiger partial charge in [0.25, 0.3) is 5.91 Å². The van der Waals surface area contributed by atoms with Crippen LogP contribution in [0.5, 0.6) is 0 Å². The van der Waals surface area contributed by atoms with Crippen molar-refractivity contribution in [2.24, 2.45) is 0 Å². The molecule has 13 heteroatoms. The van der Waals surface area contributed by atoms with Crippen LogP contribution in [-0.4, -0.2) is 86.0 Å². The van der Waals surface area contributed by atoms with E-state index in [1.807, 2.05) is 78.9 Å². The van der Waals surface area contributed by atoms with Crippen LogP contribution in [0.15, 0.2) is 78.9 Å². The SMILES string of the molecule is O=C(O)COCNC(=O)CNC[C@H](Cc1ccccc1)NC(=O)CNC(=O)CNC(=O)C(=O)CC1c2ccccc2-c2ccccc21. The largest absolute Gasteiger partial charge is 0.480 e.